The van der Waals surface area contributed by atoms with E-state index in [1.54, 1.807) is 32.1 Å². The summed E-state index contributed by atoms with van der Waals surface area (Å²) >= 11 is 4.24. The Morgan fingerprint density at radius 3 is 2.69 bits per heavy atom. The highest BCUT2D eigenvalue weighted by Crippen LogP contribution is 2.33. The average Bonchev–Trinajstić information content (AvgIpc) is 2.81. The standard InChI is InChI=1S/C18H20BrNO5S/c1-4-7-24-14-6-5-12(8-13(14)19)9-15-17(22)20(18(23)26-15)10-16(21)25-11(2)3/h5-6,8-9,11H,4,7,10H2,1-3H3/b15-9-. The molecule has 6 nitrogen and oxygen atoms in total. The van der Waals surface area contributed by atoms with Gasteiger partial charge in [0, 0.05) is 0 Å². The Hall–Kier alpha value is -1.80. The van der Waals surface area contributed by atoms with Gasteiger partial charge in [-0.05, 0) is 71.7 Å². The summed E-state index contributed by atoms with van der Waals surface area (Å²) in [5, 5.41) is -0.482. The summed E-state index contributed by atoms with van der Waals surface area (Å²) in [5.41, 5.74) is 0.746. The number of imide groups is 1. The molecular formula is C18H20BrNO5S. The zero-order valence-corrected chi connectivity index (χ0v) is 17.2. The fraction of sp³-hybridized carbons (Fsp3) is 0.389. The molecular weight excluding hydrogens is 422 g/mol. The number of carbonyl (C=O) groups is 3. The Bertz CT molecular complexity index is 747. The number of hydrogen-bond acceptors (Lipinski definition) is 6. The molecule has 2 amide bonds. The maximum Gasteiger partial charge on any atom is 0.326 e. The molecule has 0 radical (unpaired) electrons. The maximum atomic E-state index is 12.4. The monoisotopic (exact) mass is 441 g/mol. The predicted molar refractivity (Wildman–Crippen MR) is 104 cm³/mol. The summed E-state index contributed by atoms with van der Waals surface area (Å²) in [6.45, 7) is 5.67. The zero-order valence-electron chi connectivity index (χ0n) is 14.8. The highest BCUT2D eigenvalue weighted by Gasteiger charge is 2.36. The lowest BCUT2D eigenvalue weighted by Gasteiger charge is -2.13. The van der Waals surface area contributed by atoms with Crippen molar-refractivity contribution in [1.29, 1.82) is 0 Å². The van der Waals surface area contributed by atoms with Gasteiger partial charge in [-0.25, -0.2) is 0 Å². The van der Waals surface area contributed by atoms with Gasteiger partial charge in [-0.2, -0.15) is 0 Å². The number of ether oxygens (including phenoxy) is 2. The van der Waals surface area contributed by atoms with Crippen LogP contribution in [-0.4, -0.2) is 41.3 Å². The van der Waals surface area contributed by atoms with Gasteiger partial charge in [0.15, 0.2) is 0 Å². The number of nitrogens with zero attached hydrogens (tertiary/aromatic N) is 1. The van der Waals surface area contributed by atoms with E-state index in [1.165, 1.54) is 0 Å². The number of carbonyl (C=O) groups excluding carboxylic acids is 3. The van der Waals surface area contributed by atoms with Gasteiger partial charge >= 0.3 is 5.97 Å². The minimum absolute atomic E-state index is 0.265. The second-order valence-electron chi connectivity index (χ2n) is 5.84. The molecule has 0 saturated carbocycles. The van der Waals surface area contributed by atoms with Crippen molar-refractivity contribution in [2.24, 2.45) is 0 Å². The number of amides is 2. The molecule has 0 aliphatic carbocycles. The fourth-order valence-corrected chi connectivity index (χ4v) is 3.50. The van der Waals surface area contributed by atoms with E-state index in [1.807, 2.05) is 13.0 Å². The van der Waals surface area contributed by atoms with Crippen molar-refractivity contribution in [2.75, 3.05) is 13.2 Å². The Morgan fingerprint density at radius 1 is 1.35 bits per heavy atom. The molecule has 140 valence electrons. The molecule has 1 aliphatic heterocycles. The van der Waals surface area contributed by atoms with Crippen molar-refractivity contribution in [3.63, 3.8) is 0 Å². The summed E-state index contributed by atoms with van der Waals surface area (Å²) in [6.07, 6.45) is 2.22. The van der Waals surface area contributed by atoms with Crippen LogP contribution in [0.5, 0.6) is 5.75 Å². The van der Waals surface area contributed by atoms with Crippen LogP contribution in [0.25, 0.3) is 6.08 Å². The number of thioether (sulfide) groups is 1. The summed E-state index contributed by atoms with van der Waals surface area (Å²) in [6, 6.07) is 5.42. The van der Waals surface area contributed by atoms with Gasteiger partial charge < -0.3 is 9.47 Å². The maximum absolute atomic E-state index is 12.4. The summed E-state index contributed by atoms with van der Waals surface area (Å²) < 4.78 is 11.3. The summed E-state index contributed by atoms with van der Waals surface area (Å²) in [7, 11) is 0. The Balaban J connectivity index is 2.11. The van der Waals surface area contributed by atoms with Crippen molar-refractivity contribution >= 4 is 50.9 Å². The SMILES string of the molecule is CCCOc1ccc(/C=C2\SC(=O)N(CC(=O)OC(C)C)C2=O)cc1Br. The molecule has 1 aliphatic rings. The quantitative estimate of drug-likeness (QED) is 0.465. The van der Waals surface area contributed by atoms with Crippen LogP contribution in [0.2, 0.25) is 0 Å². The highest BCUT2D eigenvalue weighted by atomic mass is 79.9. The second kappa shape index (κ2) is 9.23. The van der Waals surface area contributed by atoms with Crippen LogP contribution in [-0.2, 0) is 14.3 Å². The smallest absolute Gasteiger partial charge is 0.326 e. The molecule has 26 heavy (non-hydrogen) atoms. The Kier molecular flexibility index (Phi) is 7.28. The van der Waals surface area contributed by atoms with Gasteiger partial charge in [-0.3, -0.25) is 19.3 Å². The molecule has 1 fully saturated rings. The lowest BCUT2D eigenvalue weighted by atomic mass is 10.2. The minimum atomic E-state index is -0.608. The first-order valence-corrected chi connectivity index (χ1v) is 9.80. The number of halogens is 1. The first-order valence-electron chi connectivity index (χ1n) is 8.19. The number of benzene rings is 1. The number of hydrogen-bond donors (Lipinski definition) is 0. The van der Waals surface area contributed by atoms with Crippen LogP contribution in [0, 0.1) is 0 Å². The van der Waals surface area contributed by atoms with Crippen LogP contribution in [0.3, 0.4) is 0 Å². The van der Waals surface area contributed by atoms with Gasteiger partial charge in [0.05, 0.1) is 22.1 Å². The molecule has 0 N–H and O–H groups in total. The summed E-state index contributed by atoms with van der Waals surface area (Å²) in [5.74, 6) is -0.389. The fourth-order valence-electron chi connectivity index (χ4n) is 2.15. The molecule has 1 aromatic carbocycles. The van der Waals surface area contributed by atoms with E-state index in [0.717, 1.165) is 33.1 Å². The van der Waals surface area contributed by atoms with Crippen LogP contribution < -0.4 is 4.74 Å². The molecule has 8 heteroatoms. The summed E-state index contributed by atoms with van der Waals surface area (Å²) in [4.78, 5) is 37.3. The van der Waals surface area contributed by atoms with E-state index in [-0.39, 0.29) is 17.6 Å². The highest BCUT2D eigenvalue weighted by molar-refractivity contribution is 9.10. The van der Waals surface area contributed by atoms with Crippen LogP contribution >= 0.6 is 27.7 Å². The zero-order chi connectivity index (χ0) is 19.3. The average molecular weight is 442 g/mol. The third-order valence-electron chi connectivity index (χ3n) is 3.24. The van der Waals surface area contributed by atoms with Gasteiger partial charge in [-0.1, -0.05) is 13.0 Å². The largest absolute Gasteiger partial charge is 0.492 e. The molecule has 0 unspecified atom stereocenters. The topological polar surface area (TPSA) is 72.9 Å². The third-order valence-corrected chi connectivity index (χ3v) is 4.77. The van der Waals surface area contributed by atoms with Gasteiger partial charge in [0.25, 0.3) is 11.1 Å². The van der Waals surface area contributed by atoms with E-state index in [9.17, 15) is 14.4 Å². The molecule has 1 aromatic rings. The number of esters is 1. The molecule has 2 rings (SSSR count). The first-order chi connectivity index (χ1) is 12.3. The van der Waals surface area contributed by atoms with E-state index < -0.39 is 17.1 Å². The molecule has 1 heterocycles. The number of rotatable bonds is 7. The van der Waals surface area contributed by atoms with E-state index in [0.29, 0.717) is 12.4 Å². The van der Waals surface area contributed by atoms with E-state index in [4.69, 9.17) is 9.47 Å². The Morgan fingerprint density at radius 2 is 2.08 bits per heavy atom. The van der Waals surface area contributed by atoms with E-state index >= 15 is 0 Å². The third kappa shape index (κ3) is 5.35. The first kappa shape index (κ1) is 20.5. The molecule has 0 atom stereocenters. The minimum Gasteiger partial charge on any atom is -0.492 e. The van der Waals surface area contributed by atoms with Gasteiger partial charge in [0.2, 0.25) is 0 Å². The predicted octanol–water partition coefficient (Wildman–Crippen LogP) is 4.23. The normalized spacial score (nSPS) is 15.9. The molecule has 1 saturated heterocycles. The second-order valence-corrected chi connectivity index (χ2v) is 7.69. The van der Waals surface area contributed by atoms with Crippen LogP contribution in [0.1, 0.15) is 32.8 Å². The van der Waals surface area contributed by atoms with Crippen molar-refractivity contribution in [2.45, 2.75) is 33.3 Å². The molecule has 0 spiro atoms. The van der Waals surface area contributed by atoms with E-state index in [2.05, 4.69) is 15.9 Å². The van der Waals surface area contributed by atoms with Gasteiger partial charge in [0.1, 0.15) is 12.3 Å². The van der Waals surface area contributed by atoms with Crippen molar-refractivity contribution in [3.05, 3.63) is 33.1 Å². The Labute approximate surface area is 165 Å². The van der Waals surface area contributed by atoms with Crippen LogP contribution in [0.4, 0.5) is 4.79 Å². The van der Waals surface area contributed by atoms with Crippen molar-refractivity contribution < 1.29 is 23.9 Å². The molecule has 0 aromatic heterocycles. The lowest BCUT2D eigenvalue weighted by molar-refractivity contribution is -0.149. The lowest BCUT2D eigenvalue weighted by Crippen LogP contribution is -2.35. The molecule has 0 bridgehead atoms. The van der Waals surface area contributed by atoms with Gasteiger partial charge in [-0.15, -0.1) is 0 Å². The van der Waals surface area contributed by atoms with Crippen molar-refractivity contribution in [1.82, 2.24) is 4.90 Å². The van der Waals surface area contributed by atoms with Crippen molar-refractivity contribution in [3.8, 4) is 5.75 Å². The van der Waals surface area contributed by atoms with Crippen LogP contribution in [0.15, 0.2) is 27.6 Å².